The zero-order valence-electron chi connectivity index (χ0n) is 38.7. The number of phenolic OH excluding ortho intramolecular Hbond substituents is 1. The van der Waals surface area contributed by atoms with Gasteiger partial charge < -0.3 is 34.9 Å². The molecule has 0 bridgehead atoms. The molecule has 8 rings (SSSR count). The third-order valence-electron chi connectivity index (χ3n) is 10.7. The normalized spacial score (nSPS) is 11.5. The first-order valence-corrected chi connectivity index (χ1v) is 24.5. The number of azo groups is 2. The maximum atomic E-state index is 13.3. The summed E-state index contributed by atoms with van der Waals surface area (Å²) in [6, 6.07) is 35.3. The van der Waals surface area contributed by atoms with Crippen molar-refractivity contribution in [1.29, 1.82) is 0 Å². The van der Waals surface area contributed by atoms with Gasteiger partial charge in [-0.3, -0.25) is 14.1 Å². The number of nitrogens with one attached hydrogen (secondary N) is 2. The van der Waals surface area contributed by atoms with Crippen LogP contribution in [-0.4, -0.2) is 94.8 Å². The van der Waals surface area contributed by atoms with Gasteiger partial charge in [0.25, 0.3) is 21.9 Å². The second-order valence-electron chi connectivity index (χ2n) is 15.4. The van der Waals surface area contributed by atoms with Gasteiger partial charge in [0.15, 0.2) is 5.75 Å². The van der Waals surface area contributed by atoms with E-state index in [1.807, 2.05) is 0 Å². The number of carbonyl (C=O) groups is 2. The number of hydrogen-bond acceptors (Lipinski definition) is 15. The van der Waals surface area contributed by atoms with E-state index in [1.165, 1.54) is 57.5 Å². The summed E-state index contributed by atoms with van der Waals surface area (Å²) in [5.41, 5.74) is 0.594. The van der Waals surface area contributed by atoms with Gasteiger partial charge in [-0.2, -0.15) is 13.5 Å². The fraction of sp³-hybridized carbons (Fsp3) is 0.0800. The van der Waals surface area contributed by atoms with Crippen LogP contribution in [0.15, 0.2) is 164 Å². The molecule has 0 aliphatic rings. The second-order valence-corrected chi connectivity index (χ2v) is 18.9. The fourth-order valence-corrected chi connectivity index (χ4v) is 9.52. The van der Waals surface area contributed by atoms with Crippen molar-refractivity contribution < 1.29 is 55.2 Å². The molecule has 2 amide bonds. The van der Waals surface area contributed by atoms with Crippen LogP contribution in [0, 0.1) is 13.8 Å². The average molecular weight is 1090 g/mol. The first-order valence-electron chi connectivity index (χ1n) is 20.9. The van der Waals surface area contributed by atoms with Crippen LogP contribution < -0.4 is 25.2 Å². The van der Waals surface area contributed by atoms with E-state index in [1.54, 1.807) is 104 Å². The molecule has 0 radical (unpaired) electrons. The zero-order chi connectivity index (χ0) is 52.1. The van der Waals surface area contributed by atoms with Gasteiger partial charge in [-0.1, -0.05) is 89.6 Å². The minimum atomic E-state index is -4.99. The summed E-state index contributed by atoms with van der Waals surface area (Å²) < 4.78 is 79.2. The number of amides is 2. The van der Waals surface area contributed by atoms with E-state index >= 15 is 0 Å². The molecule has 0 aromatic heterocycles. The van der Waals surface area contributed by atoms with Gasteiger partial charge in [0.05, 0.1) is 35.5 Å². The molecule has 0 aliphatic heterocycles. The monoisotopic (exact) mass is 1090 g/mol. The number of carbonyl (C=O) groups excluding carboxylic acids is 2. The molecule has 23 heteroatoms. The Morgan fingerprint density at radius 1 is 0.575 bits per heavy atom. The van der Waals surface area contributed by atoms with Crippen molar-refractivity contribution in [2.24, 2.45) is 20.5 Å². The van der Waals surface area contributed by atoms with Gasteiger partial charge >= 0.3 is 37.7 Å². The molecule has 18 nitrogen and oxygen atoms in total. The molecule has 0 atom stereocenters. The molecular formula is C50H38CaCl2N6O12S2. The van der Waals surface area contributed by atoms with Crippen molar-refractivity contribution in [3.05, 3.63) is 166 Å². The number of nitrogens with zero attached hydrogens (tertiary/aromatic N) is 4. The number of hydrogen-bond donors (Lipinski definition) is 4. The Bertz CT molecular complexity index is 3490. The van der Waals surface area contributed by atoms with E-state index < -0.39 is 53.3 Å². The smallest absolute Gasteiger partial charge is 0.870 e. The number of methoxy groups -OCH3 is 2. The molecule has 0 spiro atoms. The summed E-state index contributed by atoms with van der Waals surface area (Å²) in [6.07, 6.45) is 0. The standard InChI is InChI=1S/2C25H20ClN3O6S.Ca/c2*1-14-7-12-20(26)24(36(32,33)34)21(14)28-29-22-18-6-4-3-5-15(18)13-19(23(22)30)25(31)27-16-8-10-17(35-2)11-9-16;/h2*3-13,30H,1-2H3,(H,27,31)(H,32,33,34);/q;;+2/p-2. The fourth-order valence-electron chi connectivity index (χ4n) is 7.14. The largest absolute Gasteiger partial charge is 2.00 e. The molecule has 73 heavy (non-hydrogen) atoms. The quantitative estimate of drug-likeness (QED) is 0.0505. The third kappa shape index (κ3) is 12.7. The van der Waals surface area contributed by atoms with Crippen molar-refractivity contribution in [3.8, 4) is 23.0 Å². The van der Waals surface area contributed by atoms with Gasteiger partial charge in [-0.25, -0.2) is 8.42 Å². The molecular weight excluding hydrogens is 1050 g/mol. The number of fused-ring (bicyclic) bond motifs is 2. The Labute approximate surface area is 457 Å². The average Bonchev–Trinajstić information content (AvgIpc) is 3.34. The number of benzene rings is 8. The molecule has 0 unspecified atom stereocenters. The summed E-state index contributed by atoms with van der Waals surface area (Å²) in [6.45, 7) is 3.09. The SMILES string of the molecule is COc1ccc(NC(=O)c2cc3ccccc3c(N=Nc3c(C)ccc(Cl)c3S(=O)(=O)O)c2O)cc1.COc1ccc(NC(=O)c2cc3ccccc3c(N=Nc3c(C)ccc(Cl)c3S(=O)(=O)[O-])c2[O-])cc1.[Ca+2]. The number of rotatable bonds is 12. The number of aromatic hydroxyl groups is 1. The summed E-state index contributed by atoms with van der Waals surface area (Å²) in [5.74, 6) is -1.25. The number of ether oxygens (including phenoxy) is 2. The maximum Gasteiger partial charge on any atom is 2.00 e. The van der Waals surface area contributed by atoms with E-state index in [-0.39, 0.29) is 81.7 Å². The van der Waals surface area contributed by atoms with Crippen LogP contribution in [0.4, 0.5) is 34.1 Å². The van der Waals surface area contributed by atoms with Gasteiger partial charge in [-0.05, 0) is 109 Å². The summed E-state index contributed by atoms with van der Waals surface area (Å²) in [5, 5.41) is 47.2. The second kappa shape index (κ2) is 23.4. The Hall–Kier alpha value is -6.72. The third-order valence-corrected chi connectivity index (χ3v) is 13.4. The minimum absolute atomic E-state index is 0. The predicted octanol–water partition coefficient (Wildman–Crippen LogP) is 11.5. The van der Waals surface area contributed by atoms with E-state index in [0.717, 1.165) is 0 Å². The van der Waals surface area contributed by atoms with Crippen LogP contribution in [0.3, 0.4) is 0 Å². The van der Waals surface area contributed by atoms with E-state index in [0.29, 0.717) is 55.5 Å². The van der Waals surface area contributed by atoms with Gasteiger partial charge in [0, 0.05) is 27.7 Å². The molecule has 0 aliphatic carbocycles. The molecule has 0 fully saturated rings. The Morgan fingerprint density at radius 2 is 0.973 bits per heavy atom. The van der Waals surface area contributed by atoms with E-state index in [4.69, 9.17) is 32.7 Å². The van der Waals surface area contributed by atoms with Crippen LogP contribution in [-0.2, 0) is 20.2 Å². The van der Waals surface area contributed by atoms with Gasteiger partial charge in [0.2, 0.25) is 0 Å². The molecule has 0 heterocycles. The Morgan fingerprint density at radius 3 is 1.44 bits per heavy atom. The maximum absolute atomic E-state index is 13.3. The van der Waals surface area contributed by atoms with Crippen molar-refractivity contribution in [2.45, 2.75) is 23.6 Å². The number of halogens is 2. The molecule has 8 aromatic carbocycles. The van der Waals surface area contributed by atoms with Gasteiger partial charge in [-0.15, -0.1) is 15.3 Å². The number of aryl methyl sites for hydroxylation is 2. The molecule has 4 N–H and O–H groups in total. The van der Waals surface area contributed by atoms with Crippen molar-refractivity contribution in [3.63, 3.8) is 0 Å². The van der Waals surface area contributed by atoms with Crippen molar-refractivity contribution in [1.82, 2.24) is 0 Å². The molecule has 8 aromatic rings. The topological polar surface area (TPSA) is 281 Å². The zero-order valence-corrected chi connectivity index (χ0v) is 44.1. The predicted molar refractivity (Wildman–Crippen MR) is 275 cm³/mol. The molecule has 0 saturated heterocycles. The number of phenols is 1. The van der Waals surface area contributed by atoms with Crippen LogP contribution in [0.2, 0.25) is 10.0 Å². The summed E-state index contributed by atoms with van der Waals surface area (Å²) >= 11 is 12.0. The minimum Gasteiger partial charge on any atom is -0.870 e. The van der Waals surface area contributed by atoms with Crippen LogP contribution in [0.25, 0.3) is 21.5 Å². The van der Waals surface area contributed by atoms with Crippen LogP contribution in [0.5, 0.6) is 23.0 Å². The van der Waals surface area contributed by atoms with E-state index in [9.17, 15) is 45.7 Å². The number of anilines is 2. The molecule has 0 saturated carbocycles. The summed E-state index contributed by atoms with van der Waals surface area (Å²) in [7, 11) is -6.67. The first-order chi connectivity index (χ1) is 34.2. The van der Waals surface area contributed by atoms with Crippen LogP contribution in [0.1, 0.15) is 31.8 Å². The van der Waals surface area contributed by atoms with Crippen LogP contribution >= 0.6 is 23.2 Å². The van der Waals surface area contributed by atoms with E-state index in [2.05, 4.69) is 31.1 Å². The van der Waals surface area contributed by atoms with Crippen molar-refractivity contribution >= 4 is 149 Å². The van der Waals surface area contributed by atoms with Gasteiger partial charge in [0.1, 0.15) is 48.5 Å². The summed E-state index contributed by atoms with van der Waals surface area (Å²) in [4.78, 5) is 24.7. The Kier molecular flexibility index (Phi) is 17.8. The molecule has 368 valence electrons. The Balaban J connectivity index is 0.000000235. The van der Waals surface area contributed by atoms with Crippen molar-refractivity contribution in [2.75, 3.05) is 24.9 Å². The first kappa shape index (κ1) is 55.6.